The van der Waals surface area contributed by atoms with Gasteiger partial charge in [-0.2, -0.15) is 5.06 Å². The molecule has 0 bridgehead atoms. The molecule has 0 saturated carbocycles. The molecule has 9 nitrogen and oxygen atoms in total. The minimum absolute atomic E-state index is 0.0773. The molecular formula is C24H20N4O5. The molecule has 2 aromatic carbocycles. The number of hydrogen-bond donors (Lipinski definition) is 2. The summed E-state index contributed by atoms with van der Waals surface area (Å²) in [5.41, 5.74) is 2.32. The second-order valence-electron chi connectivity index (χ2n) is 8.09. The largest absolute Gasteiger partial charge is 0.491 e. The Bertz CT molecular complexity index is 1280. The number of benzene rings is 2. The van der Waals surface area contributed by atoms with Gasteiger partial charge in [0.15, 0.2) is 17.3 Å². The number of rotatable bonds is 4. The first-order valence-corrected chi connectivity index (χ1v) is 10.5. The maximum Gasteiger partial charge on any atom is 0.246 e. The maximum atomic E-state index is 14.0. The summed E-state index contributed by atoms with van der Waals surface area (Å²) in [5, 5.41) is 17.4. The fraction of sp³-hybridized carbons (Fsp3) is 0.208. The number of amides is 1. The summed E-state index contributed by atoms with van der Waals surface area (Å²) in [5.74, 6) is 2.02. The van der Waals surface area contributed by atoms with E-state index in [0.717, 1.165) is 28.7 Å². The first kappa shape index (κ1) is 19.6. The summed E-state index contributed by atoms with van der Waals surface area (Å²) in [6.07, 6.45) is 2.35. The van der Waals surface area contributed by atoms with Gasteiger partial charge in [0.05, 0.1) is 6.54 Å². The topological polar surface area (TPSA) is 108 Å². The molecule has 3 aliphatic heterocycles. The van der Waals surface area contributed by atoms with Gasteiger partial charge in [-0.3, -0.25) is 15.4 Å². The van der Waals surface area contributed by atoms with Crippen molar-refractivity contribution in [2.45, 2.75) is 12.0 Å². The van der Waals surface area contributed by atoms with Crippen molar-refractivity contribution in [3.63, 3.8) is 0 Å². The van der Waals surface area contributed by atoms with Gasteiger partial charge in [0, 0.05) is 23.5 Å². The number of carbonyl (C=O) groups excluding carboxylic acids is 1. The summed E-state index contributed by atoms with van der Waals surface area (Å²) in [6.45, 7) is 1.45. The third-order valence-electron chi connectivity index (χ3n) is 6.32. The molecule has 1 aromatic heterocycles. The van der Waals surface area contributed by atoms with E-state index in [1.54, 1.807) is 23.2 Å². The van der Waals surface area contributed by atoms with Crippen LogP contribution in [0.4, 0.5) is 11.5 Å². The third-order valence-corrected chi connectivity index (χ3v) is 6.32. The van der Waals surface area contributed by atoms with Gasteiger partial charge < -0.3 is 19.1 Å². The zero-order chi connectivity index (χ0) is 22.6. The molecule has 1 atom stereocenters. The van der Waals surface area contributed by atoms with Gasteiger partial charge >= 0.3 is 0 Å². The Morgan fingerprint density at radius 3 is 2.61 bits per heavy atom. The molecule has 0 radical (unpaired) electrons. The number of nitrogens with zero attached hydrogens (tertiary/aromatic N) is 3. The molecule has 6 rings (SSSR count). The molecule has 2 N–H and O–H groups in total. The highest BCUT2D eigenvalue weighted by molar-refractivity contribution is 6.11. The SMILES string of the molecule is N=CN(O)c1ccc(CN2C(=O)C3(COc4cc5c(cc43)OCCO5)c3ccccc32)cn1. The number of hydroxylamine groups is 1. The Labute approximate surface area is 189 Å². The van der Waals surface area contributed by atoms with E-state index < -0.39 is 5.41 Å². The normalized spacial score (nSPS) is 19.8. The van der Waals surface area contributed by atoms with Crippen LogP contribution in [0.5, 0.6) is 17.2 Å². The van der Waals surface area contributed by atoms with Crippen LogP contribution in [-0.4, -0.2) is 42.3 Å². The van der Waals surface area contributed by atoms with E-state index in [2.05, 4.69) is 4.98 Å². The van der Waals surface area contributed by atoms with Crippen molar-refractivity contribution in [2.24, 2.45) is 0 Å². The third kappa shape index (κ3) is 2.79. The number of ether oxygens (including phenoxy) is 3. The first-order valence-electron chi connectivity index (χ1n) is 10.5. The Balaban J connectivity index is 1.41. The highest BCUT2D eigenvalue weighted by atomic mass is 16.6. The molecule has 4 heterocycles. The number of aromatic nitrogens is 1. The smallest absolute Gasteiger partial charge is 0.246 e. The molecule has 1 unspecified atom stereocenters. The maximum absolute atomic E-state index is 14.0. The number of nitrogens with one attached hydrogen (secondary N) is 1. The van der Waals surface area contributed by atoms with Crippen LogP contribution in [0.25, 0.3) is 0 Å². The molecule has 9 heteroatoms. The number of fused-ring (bicyclic) bond motifs is 5. The van der Waals surface area contributed by atoms with Crippen molar-refractivity contribution in [3.8, 4) is 17.2 Å². The van der Waals surface area contributed by atoms with E-state index in [9.17, 15) is 10.0 Å². The van der Waals surface area contributed by atoms with Crippen LogP contribution in [0.2, 0.25) is 0 Å². The summed E-state index contributed by atoms with van der Waals surface area (Å²) in [4.78, 5) is 19.9. The average molecular weight is 444 g/mol. The second kappa shape index (κ2) is 7.21. The molecule has 166 valence electrons. The van der Waals surface area contributed by atoms with Crippen LogP contribution in [-0.2, 0) is 16.8 Å². The molecule has 3 aliphatic rings. The zero-order valence-corrected chi connectivity index (χ0v) is 17.5. The lowest BCUT2D eigenvalue weighted by atomic mass is 9.77. The van der Waals surface area contributed by atoms with Gasteiger partial charge in [-0.15, -0.1) is 0 Å². The number of carbonyl (C=O) groups is 1. The number of hydrogen-bond acceptors (Lipinski definition) is 7. The fourth-order valence-corrected chi connectivity index (χ4v) is 4.76. The van der Waals surface area contributed by atoms with Crippen molar-refractivity contribution >= 4 is 23.8 Å². The predicted octanol–water partition coefficient (Wildman–Crippen LogP) is 2.88. The minimum Gasteiger partial charge on any atom is -0.491 e. The van der Waals surface area contributed by atoms with Gasteiger partial charge in [0.1, 0.15) is 37.3 Å². The van der Waals surface area contributed by atoms with E-state index in [4.69, 9.17) is 19.6 Å². The van der Waals surface area contributed by atoms with E-state index in [1.807, 2.05) is 36.4 Å². The molecule has 0 aliphatic carbocycles. The van der Waals surface area contributed by atoms with Gasteiger partial charge in [0.25, 0.3) is 0 Å². The van der Waals surface area contributed by atoms with E-state index >= 15 is 0 Å². The Morgan fingerprint density at radius 1 is 1.06 bits per heavy atom. The Hall–Kier alpha value is -4.11. The number of anilines is 2. The van der Waals surface area contributed by atoms with Gasteiger partial charge in [0.2, 0.25) is 5.91 Å². The molecule has 0 fully saturated rings. The molecule has 33 heavy (non-hydrogen) atoms. The van der Waals surface area contributed by atoms with Crippen molar-refractivity contribution in [2.75, 3.05) is 29.8 Å². The van der Waals surface area contributed by atoms with E-state index in [0.29, 0.717) is 42.1 Å². The summed E-state index contributed by atoms with van der Waals surface area (Å²) in [6, 6.07) is 14.8. The number of pyridine rings is 1. The molecular weight excluding hydrogens is 424 g/mol. The standard InChI is InChI=1S/C24H20N4O5/c25-14-28(30)22-6-5-15(11-26-22)12-27-18-4-2-1-3-16(18)24(23(27)29)13-33-19-10-21-20(9-17(19)24)31-7-8-32-21/h1-6,9-11,14,25,30H,7-8,12-13H2. The van der Waals surface area contributed by atoms with Crippen LogP contribution >= 0.6 is 0 Å². The fourth-order valence-electron chi connectivity index (χ4n) is 4.76. The predicted molar refractivity (Wildman–Crippen MR) is 119 cm³/mol. The summed E-state index contributed by atoms with van der Waals surface area (Å²) >= 11 is 0. The monoisotopic (exact) mass is 444 g/mol. The second-order valence-corrected chi connectivity index (χ2v) is 8.09. The summed E-state index contributed by atoms with van der Waals surface area (Å²) in [7, 11) is 0. The lowest BCUT2D eigenvalue weighted by molar-refractivity contribution is -0.122. The van der Waals surface area contributed by atoms with Crippen molar-refractivity contribution in [1.82, 2.24) is 4.98 Å². The quantitative estimate of drug-likeness (QED) is 0.362. The molecule has 1 spiro atoms. The van der Waals surface area contributed by atoms with Crippen molar-refractivity contribution < 1.29 is 24.2 Å². The lowest BCUT2D eigenvalue weighted by Gasteiger charge is -2.24. The zero-order valence-electron chi connectivity index (χ0n) is 17.5. The van der Waals surface area contributed by atoms with Gasteiger partial charge in [-0.05, 0) is 29.3 Å². The molecule has 1 amide bonds. The van der Waals surface area contributed by atoms with Crippen molar-refractivity contribution in [1.29, 1.82) is 5.41 Å². The van der Waals surface area contributed by atoms with Gasteiger partial charge in [-0.1, -0.05) is 24.3 Å². The first-order chi connectivity index (χ1) is 16.1. The highest BCUT2D eigenvalue weighted by Crippen LogP contribution is 2.54. The van der Waals surface area contributed by atoms with Crippen LogP contribution < -0.4 is 24.2 Å². The van der Waals surface area contributed by atoms with Crippen molar-refractivity contribution in [3.05, 3.63) is 71.4 Å². The van der Waals surface area contributed by atoms with Crippen LogP contribution in [0, 0.1) is 5.41 Å². The lowest BCUT2D eigenvalue weighted by Crippen LogP contribution is -2.42. The number of para-hydroxylation sites is 1. The van der Waals surface area contributed by atoms with Crippen LogP contribution in [0.15, 0.2) is 54.7 Å². The van der Waals surface area contributed by atoms with Crippen LogP contribution in [0.1, 0.15) is 16.7 Å². The van der Waals surface area contributed by atoms with E-state index in [-0.39, 0.29) is 18.3 Å². The highest BCUT2D eigenvalue weighted by Gasteiger charge is 2.57. The Morgan fingerprint density at radius 2 is 1.85 bits per heavy atom. The Kier molecular flexibility index (Phi) is 4.27. The minimum atomic E-state index is -0.961. The summed E-state index contributed by atoms with van der Waals surface area (Å²) < 4.78 is 17.5. The average Bonchev–Trinajstić information content (AvgIpc) is 3.34. The van der Waals surface area contributed by atoms with Crippen LogP contribution in [0.3, 0.4) is 0 Å². The van der Waals surface area contributed by atoms with Gasteiger partial charge in [-0.25, -0.2) is 4.98 Å². The molecule has 3 aromatic rings. The molecule has 0 saturated heterocycles. The van der Waals surface area contributed by atoms with E-state index in [1.165, 1.54) is 0 Å².